The van der Waals surface area contributed by atoms with Gasteiger partial charge in [-0.2, -0.15) is 0 Å². The summed E-state index contributed by atoms with van der Waals surface area (Å²) in [5, 5.41) is 1.88. The Hall–Kier alpha value is -1.56. The number of imidazole rings is 1. The van der Waals surface area contributed by atoms with Gasteiger partial charge in [-0.1, -0.05) is 38.0 Å². The first-order chi connectivity index (χ1) is 13.2. The molecule has 0 unspecified atom stereocenters. The Kier molecular flexibility index (Phi) is 6.01. The van der Waals surface area contributed by atoms with E-state index in [4.69, 9.17) is 11.6 Å². The Morgan fingerprint density at radius 3 is 2.93 bits per heavy atom. The van der Waals surface area contributed by atoms with Crippen LogP contribution in [0.3, 0.4) is 0 Å². The Labute approximate surface area is 170 Å². The second-order valence-corrected chi connectivity index (χ2v) is 8.87. The highest BCUT2D eigenvalue weighted by Gasteiger charge is 2.25. The van der Waals surface area contributed by atoms with Gasteiger partial charge in [0.15, 0.2) is 5.82 Å². The first-order valence-corrected chi connectivity index (χ1v) is 11.1. The van der Waals surface area contributed by atoms with Crippen LogP contribution in [0.15, 0.2) is 30.3 Å². The summed E-state index contributed by atoms with van der Waals surface area (Å²) < 4.78 is 1.39. The highest BCUT2D eigenvalue weighted by molar-refractivity contribution is 7.19. The SMILES string of the molecule is CCCCCN1CN(CCCc2cc3ccccc3s2)Cc2[nH]c(Cl)nc21. The number of anilines is 1. The molecule has 144 valence electrons. The van der Waals surface area contributed by atoms with Gasteiger partial charge >= 0.3 is 0 Å². The third-order valence-electron chi connectivity index (χ3n) is 5.19. The van der Waals surface area contributed by atoms with Gasteiger partial charge in [0, 0.05) is 29.2 Å². The van der Waals surface area contributed by atoms with Crippen molar-refractivity contribution in [3.8, 4) is 0 Å². The first kappa shape index (κ1) is 18.8. The van der Waals surface area contributed by atoms with Gasteiger partial charge in [-0.15, -0.1) is 11.3 Å². The number of aryl methyl sites for hydroxylation is 1. The van der Waals surface area contributed by atoms with Crippen molar-refractivity contribution in [2.24, 2.45) is 0 Å². The molecule has 4 nitrogen and oxygen atoms in total. The Bertz CT molecular complexity index is 854. The number of aromatic nitrogens is 2. The minimum Gasteiger partial charge on any atom is -0.342 e. The molecule has 0 aliphatic carbocycles. The van der Waals surface area contributed by atoms with Crippen LogP contribution in [0, 0.1) is 0 Å². The predicted octanol–water partition coefficient (Wildman–Crippen LogP) is 5.68. The maximum atomic E-state index is 6.14. The molecule has 2 aromatic heterocycles. The van der Waals surface area contributed by atoms with Crippen molar-refractivity contribution in [1.29, 1.82) is 0 Å². The van der Waals surface area contributed by atoms with Crippen molar-refractivity contribution in [3.63, 3.8) is 0 Å². The molecule has 0 amide bonds. The smallest absolute Gasteiger partial charge is 0.202 e. The Morgan fingerprint density at radius 2 is 2.07 bits per heavy atom. The van der Waals surface area contributed by atoms with Crippen LogP contribution in [0.4, 0.5) is 5.82 Å². The minimum atomic E-state index is 0.507. The van der Waals surface area contributed by atoms with E-state index in [9.17, 15) is 0 Å². The highest BCUT2D eigenvalue weighted by atomic mass is 35.5. The summed E-state index contributed by atoms with van der Waals surface area (Å²) in [6.07, 6.45) is 6.02. The summed E-state index contributed by atoms with van der Waals surface area (Å²) in [5.74, 6) is 1.05. The molecule has 0 saturated carbocycles. The van der Waals surface area contributed by atoms with E-state index in [1.807, 2.05) is 11.3 Å². The average molecular weight is 403 g/mol. The van der Waals surface area contributed by atoms with Crippen LogP contribution in [0.1, 0.15) is 43.2 Å². The fourth-order valence-electron chi connectivity index (χ4n) is 3.84. The van der Waals surface area contributed by atoms with Crippen LogP contribution in [-0.2, 0) is 13.0 Å². The maximum absolute atomic E-state index is 6.14. The fourth-order valence-corrected chi connectivity index (χ4v) is 5.14. The van der Waals surface area contributed by atoms with Gasteiger partial charge in [-0.05, 0) is 48.4 Å². The van der Waals surface area contributed by atoms with E-state index >= 15 is 0 Å². The molecule has 1 aliphatic rings. The molecular formula is C21H27ClN4S. The van der Waals surface area contributed by atoms with Crippen LogP contribution in [0.2, 0.25) is 5.28 Å². The molecule has 0 radical (unpaired) electrons. The number of aromatic amines is 1. The molecule has 4 rings (SSSR count). The largest absolute Gasteiger partial charge is 0.342 e. The zero-order valence-electron chi connectivity index (χ0n) is 15.9. The maximum Gasteiger partial charge on any atom is 0.202 e. The van der Waals surface area contributed by atoms with Crippen molar-refractivity contribution in [1.82, 2.24) is 14.9 Å². The third-order valence-corrected chi connectivity index (χ3v) is 6.54. The number of fused-ring (bicyclic) bond motifs is 2. The molecule has 3 aromatic rings. The van der Waals surface area contributed by atoms with Crippen LogP contribution >= 0.6 is 22.9 Å². The predicted molar refractivity (Wildman–Crippen MR) is 116 cm³/mol. The van der Waals surface area contributed by atoms with Crippen molar-refractivity contribution in [2.45, 2.75) is 45.6 Å². The number of H-pyrrole nitrogens is 1. The van der Waals surface area contributed by atoms with Crippen molar-refractivity contribution < 1.29 is 0 Å². The summed E-state index contributed by atoms with van der Waals surface area (Å²) >= 11 is 8.07. The average Bonchev–Trinajstić information content (AvgIpc) is 3.24. The number of hydrogen-bond donors (Lipinski definition) is 1. The van der Waals surface area contributed by atoms with E-state index in [0.29, 0.717) is 5.28 Å². The van der Waals surface area contributed by atoms with Gasteiger partial charge in [-0.3, -0.25) is 4.90 Å². The van der Waals surface area contributed by atoms with E-state index in [0.717, 1.165) is 44.2 Å². The molecular weight excluding hydrogens is 376 g/mol. The lowest BCUT2D eigenvalue weighted by molar-refractivity contribution is 0.245. The lowest BCUT2D eigenvalue weighted by Crippen LogP contribution is -2.43. The van der Waals surface area contributed by atoms with E-state index < -0.39 is 0 Å². The van der Waals surface area contributed by atoms with Gasteiger partial charge < -0.3 is 9.88 Å². The summed E-state index contributed by atoms with van der Waals surface area (Å²) in [5.41, 5.74) is 1.16. The molecule has 0 saturated heterocycles. The number of halogens is 1. The molecule has 6 heteroatoms. The molecule has 3 heterocycles. The lowest BCUT2D eigenvalue weighted by Gasteiger charge is -2.35. The van der Waals surface area contributed by atoms with Crippen LogP contribution < -0.4 is 4.90 Å². The topological polar surface area (TPSA) is 35.2 Å². The van der Waals surface area contributed by atoms with Gasteiger partial charge in [-0.25, -0.2) is 4.98 Å². The van der Waals surface area contributed by atoms with E-state index in [2.05, 4.69) is 57.0 Å². The Morgan fingerprint density at radius 1 is 1.19 bits per heavy atom. The van der Waals surface area contributed by atoms with Gasteiger partial charge in [0.25, 0.3) is 0 Å². The fraction of sp³-hybridized carbons (Fsp3) is 0.476. The van der Waals surface area contributed by atoms with Crippen LogP contribution in [-0.4, -0.2) is 34.6 Å². The Balaban J connectivity index is 1.35. The minimum absolute atomic E-state index is 0.507. The van der Waals surface area contributed by atoms with Crippen molar-refractivity contribution >= 4 is 38.8 Å². The van der Waals surface area contributed by atoms with E-state index in [-0.39, 0.29) is 0 Å². The number of unbranched alkanes of at least 4 members (excludes halogenated alkanes) is 2. The quantitative estimate of drug-likeness (QED) is 0.492. The lowest BCUT2D eigenvalue weighted by atomic mass is 10.2. The molecule has 1 aromatic carbocycles. The van der Waals surface area contributed by atoms with Gasteiger partial charge in [0.05, 0.1) is 12.4 Å². The zero-order valence-corrected chi connectivity index (χ0v) is 17.5. The summed E-state index contributed by atoms with van der Waals surface area (Å²) in [4.78, 5) is 14.1. The first-order valence-electron chi connectivity index (χ1n) is 9.92. The number of benzene rings is 1. The number of rotatable bonds is 8. The van der Waals surface area contributed by atoms with E-state index in [1.54, 1.807) is 0 Å². The molecule has 0 bridgehead atoms. The van der Waals surface area contributed by atoms with Crippen molar-refractivity contribution in [2.75, 3.05) is 24.7 Å². The molecule has 0 atom stereocenters. The van der Waals surface area contributed by atoms with Crippen molar-refractivity contribution in [3.05, 3.63) is 46.2 Å². The summed E-state index contributed by atoms with van der Waals surface area (Å²) in [6, 6.07) is 11.0. The van der Waals surface area contributed by atoms with E-state index in [1.165, 1.54) is 40.6 Å². The standard InChI is InChI=1S/C21H27ClN4S/c1-2-3-6-12-26-15-25(14-18-20(26)24-21(22)23-18)11-7-9-17-13-16-8-4-5-10-19(16)27-17/h4-5,8,10,13H,2-3,6-7,9,11-12,14-15H2,1H3,(H,23,24). The molecule has 1 N–H and O–H groups in total. The normalized spacial score (nSPS) is 14.8. The zero-order chi connectivity index (χ0) is 18.6. The molecule has 1 aliphatic heterocycles. The summed E-state index contributed by atoms with van der Waals surface area (Å²) in [6.45, 7) is 6.24. The number of nitrogens with one attached hydrogen (secondary N) is 1. The molecule has 0 spiro atoms. The van der Waals surface area contributed by atoms with Gasteiger partial charge in [0.2, 0.25) is 5.28 Å². The molecule has 27 heavy (non-hydrogen) atoms. The second-order valence-electron chi connectivity index (χ2n) is 7.35. The number of hydrogen-bond acceptors (Lipinski definition) is 4. The summed E-state index contributed by atoms with van der Waals surface area (Å²) in [7, 11) is 0. The number of thiophene rings is 1. The molecule has 0 fully saturated rings. The monoisotopic (exact) mass is 402 g/mol. The highest BCUT2D eigenvalue weighted by Crippen LogP contribution is 2.28. The van der Waals surface area contributed by atoms with Crippen LogP contribution in [0.25, 0.3) is 10.1 Å². The van der Waals surface area contributed by atoms with Gasteiger partial charge in [0.1, 0.15) is 0 Å². The van der Waals surface area contributed by atoms with Crippen LogP contribution in [0.5, 0.6) is 0 Å². The second kappa shape index (κ2) is 8.63. The third kappa shape index (κ3) is 4.48. The number of nitrogens with zero attached hydrogens (tertiary/aromatic N) is 3.